The van der Waals surface area contributed by atoms with Crippen LogP contribution in [0.2, 0.25) is 0 Å². The van der Waals surface area contributed by atoms with Crippen LogP contribution in [0.15, 0.2) is 53.6 Å². The van der Waals surface area contributed by atoms with Gasteiger partial charge in [-0.1, -0.05) is 24.3 Å². The number of hydrazone groups is 1. The van der Waals surface area contributed by atoms with Crippen molar-refractivity contribution >= 4 is 11.6 Å². The minimum atomic E-state index is -0.538. The molecule has 114 valence electrons. The molecular weight excluding hydrogens is 287 g/mol. The molecule has 0 bridgehead atoms. The van der Waals surface area contributed by atoms with Gasteiger partial charge in [-0.25, -0.2) is 9.82 Å². The third kappa shape index (κ3) is 4.05. The normalized spacial score (nSPS) is 11.1. The number of ether oxygens (including phenoxy) is 1. The highest BCUT2D eigenvalue weighted by Crippen LogP contribution is 2.16. The van der Waals surface area contributed by atoms with Crippen LogP contribution in [0.4, 0.5) is 4.39 Å². The van der Waals surface area contributed by atoms with Crippen molar-refractivity contribution in [1.29, 1.82) is 0 Å². The van der Waals surface area contributed by atoms with Crippen molar-refractivity contribution in [3.8, 4) is 11.5 Å². The molecule has 0 radical (unpaired) electrons. The SMILES string of the molecule is C/C(=N\NC(=O)COc1ccccc1F)c1ccccc1O. The summed E-state index contributed by atoms with van der Waals surface area (Å²) in [5, 5.41) is 13.5. The molecule has 0 aliphatic heterocycles. The first-order valence-electron chi connectivity index (χ1n) is 6.56. The van der Waals surface area contributed by atoms with Crippen molar-refractivity contribution in [2.45, 2.75) is 6.92 Å². The largest absolute Gasteiger partial charge is 0.507 e. The number of nitrogens with zero attached hydrogens (tertiary/aromatic N) is 1. The lowest BCUT2D eigenvalue weighted by molar-refractivity contribution is -0.123. The number of hydrogen-bond donors (Lipinski definition) is 2. The van der Waals surface area contributed by atoms with Crippen molar-refractivity contribution in [3.63, 3.8) is 0 Å². The van der Waals surface area contributed by atoms with E-state index in [4.69, 9.17) is 4.74 Å². The van der Waals surface area contributed by atoms with Crippen LogP contribution < -0.4 is 10.2 Å². The van der Waals surface area contributed by atoms with Gasteiger partial charge >= 0.3 is 0 Å². The van der Waals surface area contributed by atoms with E-state index in [1.165, 1.54) is 24.3 Å². The Bertz CT molecular complexity index is 701. The van der Waals surface area contributed by atoms with E-state index >= 15 is 0 Å². The van der Waals surface area contributed by atoms with E-state index in [-0.39, 0.29) is 18.1 Å². The first-order chi connectivity index (χ1) is 10.6. The highest BCUT2D eigenvalue weighted by atomic mass is 19.1. The second-order valence-corrected chi connectivity index (χ2v) is 4.47. The van der Waals surface area contributed by atoms with E-state index in [0.29, 0.717) is 11.3 Å². The molecule has 0 fully saturated rings. The number of phenolic OH excluding ortho intramolecular Hbond substituents is 1. The Morgan fingerprint density at radius 2 is 1.91 bits per heavy atom. The predicted octanol–water partition coefficient (Wildman–Crippen LogP) is 2.45. The Balaban J connectivity index is 1.91. The van der Waals surface area contributed by atoms with Crippen LogP contribution >= 0.6 is 0 Å². The van der Waals surface area contributed by atoms with E-state index in [0.717, 1.165) is 0 Å². The molecule has 0 aromatic heterocycles. The molecule has 2 N–H and O–H groups in total. The van der Waals surface area contributed by atoms with E-state index in [1.807, 2.05) is 0 Å². The number of nitrogens with one attached hydrogen (secondary N) is 1. The van der Waals surface area contributed by atoms with Crippen molar-refractivity contribution in [2.75, 3.05) is 6.61 Å². The van der Waals surface area contributed by atoms with Gasteiger partial charge in [0.2, 0.25) is 0 Å². The van der Waals surface area contributed by atoms with Gasteiger partial charge in [-0.05, 0) is 31.2 Å². The molecule has 2 aromatic carbocycles. The van der Waals surface area contributed by atoms with Crippen molar-refractivity contribution in [2.24, 2.45) is 5.10 Å². The van der Waals surface area contributed by atoms with E-state index in [1.54, 1.807) is 31.2 Å². The number of para-hydroxylation sites is 2. The summed E-state index contributed by atoms with van der Waals surface area (Å²) in [5.74, 6) is -0.998. The van der Waals surface area contributed by atoms with E-state index < -0.39 is 11.7 Å². The van der Waals surface area contributed by atoms with Crippen LogP contribution in [-0.4, -0.2) is 23.3 Å². The van der Waals surface area contributed by atoms with Gasteiger partial charge in [0.15, 0.2) is 18.2 Å². The number of carbonyl (C=O) groups is 1. The van der Waals surface area contributed by atoms with Gasteiger partial charge in [-0.15, -0.1) is 0 Å². The first-order valence-corrected chi connectivity index (χ1v) is 6.56. The number of phenols is 1. The zero-order chi connectivity index (χ0) is 15.9. The average molecular weight is 302 g/mol. The highest BCUT2D eigenvalue weighted by molar-refractivity contribution is 6.01. The predicted molar refractivity (Wildman–Crippen MR) is 80.4 cm³/mol. The first kappa shape index (κ1) is 15.5. The Kier molecular flexibility index (Phi) is 5.08. The lowest BCUT2D eigenvalue weighted by atomic mass is 10.1. The Hall–Kier alpha value is -2.89. The monoisotopic (exact) mass is 302 g/mol. The van der Waals surface area contributed by atoms with Gasteiger partial charge in [0.05, 0.1) is 5.71 Å². The maximum atomic E-state index is 13.3. The van der Waals surface area contributed by atoms with Crippen molar-refractivity contribution in [1.82, 2.24) is 5.43 Å². The van der Waals surface area contributed by atoms with Gasteiger partial charge in [0.1, 0.15) is 5.75 Å². The van der Waals surface area contributed by atoms with Crippen LogP contribution in [0, 0.1) is 5.82 Å². The lowest BCUT2D eigenvalue weighted by Crippen LogP contribution is -2.25. The fourth-order valence-corrected chi connectivity index (χ4v) is 1.72. The molecule has 0 heterocycles. The number of halogens is 1. The molecule has 0 spiro atoms. The summed E-state index contributed by atoms with van der Waals surface area (Å²) in [6.45, 7) is 1.28. The molecule has 2 aromatic rings. The molecule has 0 saturated heterocycles. The molecule has 0 saturated carbocycles. The molecule has 0 aliphatic rings. The van der Waals surface area contributed by atoms with Crippen LogP contribution in [0.25, 0.3) is 0 Å². The summed E-state index contributed by atoms with van der Waals surface area (Å²) < 4.78 is 18.4. The molecule has 1 amide bonds. The van der Waals surface area contributed by atoms with E-state index in [9.17, 15) is 14.3 Å². The molecule has 0 aliphatic carbocycles. The third-order valence-electron chi connectivity index (χ3n) is 2.84. The van der Waals surface area contributed by atoms with Gasteiger partial charge < -0.3 is 9.84 Å². The molecule has 2 rings (SSSR count). The van der Waals surface area contributed by atoms with Crippen LogP contribution in [-0.2, 0) is 4.79 Å². The topological polar surface area (TPSA) is 70.9 Å². The fraction of sp³-hybridized carbons (Fsp3) is 0.125. The molecular formula is C16H15FN2O3. The Morgan fingerprint density at radius 3 is 2.64 bits per heavy atom. The standard InChI is InChI=1S/C16H15FN2O3/c1-11(12-6-2-4-8-14(12)20)18-19-16(21)10-22-15-9-5-3-7-13(15)17/h2-9,20H,10H2,1H3,(H,19,21)/b18-11+. The van der Waals surface area contributed by atoms with Crippen molar-refractivity contribution in [3.05, 3.63) is 59.9 Å². The smallest absolute Gasteiger partial charge is 0.277 e. The van der Waals surface area contributed by atoms with Crippen LogP contribution in [0.3, 0.4) is 0 Å². The maximum absolute atomic E-state index is 13.3. The zero-order valence-corrected chi connectivity index (χ0v) is 11.9. The summed E-state index contributed by atoms with van der Waals surface area (Å²) >= 11 is 0. The number of rotatable bonds is 5. The van der Waals surface area contributed by atoms with Gasteiger partial charge in [-0.3, -0.25) is 4.79 Å². The number of aromatic hydroxyl groups is 1. The fourth-order valence-electron chi connectivity index (χ4n) is 1.72. The Morgan fingerprint density at radius 1 is 1.23 bits per heavy atom. The quantitative estimate of drug-likeness (QED) is 0.658. The van der Waals surface area contributed by atoms with Crippen LogP contribution in [0.5, 0.6) is 11.5 Å². The summed E-state index contributed by atoms with van der Waals surface area (Å²) in [5.41, 5.74) is 3.24. The zero-order valence-electron chi connectivity index (χ0n) is 11.9. The summed E-state index contributed by atoms with van der Waals surface area (Å²) in [6.07, 6.45) is 0. The minimum Gasteiger partial charge on any atom is -0.507 e. The molecule has 6 heteroatoms. The highest BCUT2D eigenvalue weighted by Gasteiger charge is 2.07. The lowest BCUT2D eigenvalue weighted by Gasteiger charge is -2.07. The number of amides is 1. The average Bonchev–Trinajstić information content (AvgIpc) is 2.52. The van der Waals surface area contributed by atoms with Gasteiger partial charge in [0, 0.05) is 5.56 Å². The molecule has 0 unspecified atom stereocenters. The van der Waals surface area contributed by atoms with Gasteiger partial charge in [-0.2, -0.15) is 5.10 Å². The summed E-state index contributed by atoms with van der Waals surface area (Å²) in [7, 11) is 0. The molecule has 0 atom stereocenters. The number of carbonyl (C=O) groups excluding carboxylic acids is 1. The third-order valence-corrected chi connectivity index (χ3v) is 2.84. The van der Waals surface area contributed by atoms with Gasteiger partial charge in [0.25, 0.3) is 5.91 Å². The number of hydrogen-bond acceptors (Lipinski definition) is 4. The molecule has 5 nitrogen and oxygen atoms in total. The van der Waals surface area contributed by atoms with E-state index in [2.05, 4.69) is 10.5 Å². The Labute approximate surface area is 127 Å². The second kappa shape index (κ2) is 7.21. The molecule has 22 heavy (non-hydrogen) atoms. The summed E-state index contributed by atoms with van der Waals surface area (Å²) in [4.78, 5) is 11.6. The summed E-state index contributed by atoms with van der Waals surface area (Å²) in [6, 6.07) is 12.4. The second-order valence-electron chi connectivity index (χ2n) is 4.47. The number of benzene rings is 2. The maximum Gasteiger partial charge on any atom is 0.277 e. The minimum absolute atomic E-state index is 0.000875. The van der Waals surface area contributed by atoms with Crippen molar-refractivity contribution < 1.29 is 19.0 Å². The van der Waals surface area contributed by atoms with Crippen LogP contribution in [0.1, 0.15) is 12.5 Å².